The highest BCUT2D eigenvalue weighted by molar-refractivity contribution is 5.76. The predicted molar refractivity (Wildman–Crippen MR) is 67.9 cm³/mol. The number of carboxylic acids is 1. The Morgan fingerprint density at radius 1 is 1.11 bits per heavy atom. The van der Waals surface area contributed by atoms with E-state index in [2.05, 4.69) is 0 Å². The summed E-state index contributed by atoms with van der Waals surface area (Å²) in [6.45, 7) is 1.48. The van der Waals surface area contributed by atoms with Crippen LogP contribution in [0.3, 0.4) is 0 Å². The molecular formula is C15H13FO2. The molecule has 1 unspecified atom stereocenters. The third-order valence-electron chi connectivity index (χ3n) is 2.94. The van der Waals surface area contributed by atoms with Crippen molar-refractivity contribution in [1.29, 1.82) is 0 Å². The van der Waals surface area contributed by atoms with Gasteiger partial charge in [-0.1, -0.05) is 42.5 Å². The highest BCUT2D eigenvalue weighted by atomic mass is 19.1. The zero-order chi connectivity index (χ0) is 13.1. The first-order chi connectivity index (χ1) is 8.59. The summed E-state index contributed by atoms with van der Waals surface area (Å²) in [5.41, 5.74) is 1.86. The molecule has 0 fully saturated rings. The van der Waals surface area contributed by atoms with Crippen molar-refractivity contribution >= 4 is 5.97 Å². The van der Waals surface area contributed by atoms with Gasteiger partial charge in [-0.3, -0.25) is 4.79 Å². The molecule has 0 radical (unpaired) electrons. The Balaban J connectivity index is 2.40. The zero-order valence-electron chi connectivity index (χ0n) is 9.93. The lowest BCUT2D eigenvalue weighted by atomic mass is 9.97. The van der Waals surface area contributed by atoms with Crippen molar-refractivity contribution in [3.8, 4) is 11.1 Å². The monoisotopic (exact) mass is 244 g/mol. The van der Waals surface area contributed by atoms with Gasteiger partial charge in [-0.15, -0.1) is 0 Å². The molecule has 0 aliphatic rings. The molecule has 0 amide bonds. The number of rotatable bonds is 3. The smallest absolute Gasteiger partial charge is 0.310 e. The van der Waals surface area contributed by atoms with Gasteiger partial charge in [-0.25, -0.2) is 4.39 Å². The molecule has 3 heteroatoms. The summed E-state index contributed by atoms with van der Waals surface area (Å²) in [7, 11) is 0. The van der Waals surface area contributed by atoms with Gasteiger partial charge in [-0.2, -0.15) is 0 Å². The lowest BCUT2D eigenvalue weighted by Gasteiger charge is -2.09. The molecule has 0 saturated carbocycles. The maximum Gasteiger partial charge on any atom is 0.310 e. The Kier molecular flexibility index (Phi) is 3.42. The minimum absolute atomic E-state index is 0.210. The Labute approximate surface area is 105 Å². The molecule has 0 heterocycles. The quantitative estimate of drug-likeness (QED) is 0.894. The summed E-state index contributed by atoms with van der Waals surface area (Å²) >= 11 is 0. The largest absolute Gasteiger partial charge is 0.481 e. The number of carbonyl (C=O) groups is 1. The summed E-state index contributed by atoms with van der Waals surface area (Å²) in [6, 6.07) is 14.1. The third-order valence-corrected chi connectivity index (χ3v) is 2.94. The molecule has 0 saturated heterocycles. The SMILES string of the molecule is CC(C(=O)O)c1ccc(-c2ccccc2)cc1F. The van der Waals surface area contributed by atoms with E-state index in [1.807, 2.05) is 30.3 Å². The Morgan fingerprint density at radius 2 is 1.78 bits per heavy atom. The van der Waals surface area contributed by atoms with Crippen LogP contribution in [0.2, 0.25) is 0 Å². The van der Waals surface area contributed by atoms with Gasteiger partial charge in [-0.05, 0) is 24.1 Å². The van der Waals surface area contributed by atoms with Gasteiger partial charge in [0, 0.05) is 5.56 Å². The van der Waals surface area contributed by atoms with Crippen LogP contribution in [-0.2, 0) is 4.79 Å². The van der Waals surface area contributed by atoms with Crippen LogP contribution in [0.25, 0.3) is 11.1 Å². The summed E-state index contributed by atoms with van der Waals surface area (Å²) in [5, 5.41) is 8.88. The number of hydrogen-bond acceptors (Lipinski definition) is 1. The Hall–Kier alpha value is -2.16. The number of benzene rings is 2. The van der Waals surface area contributed by atoms with Gasteiger partial charge < -0.3 is 5.11 Å². The molecule has 2 nitrogen and oxygen atoms in total. The fourth-order valence-electron chi connectivity index (χ4n) is 1.82. The highest BCUT2D eigenvalue weighted by Crippen LogP contribution is 2.25. The second-order valence-corrected chi connectivity index (χ2v) is 4.16. The zero-order valence-corrected chi connectivity index (χ0v) is 9.93. The van der Waals surface area contributed by atoms with E-state index in [1.54, 1.807) is 6.07 Å². The first-order valence-corrected chi connectivity index (χ1v) is 5.67. The van der Waals surface area contributed by atoms with E-state index >= 15 is 0 Å². The van der Waals surface area contributed by atoms with E-state index in [9.17, 15) is 9.18 Å². The predicted octanol–water partition coefficient (Wildman–Crippen LogP) is 3.68. The molecule has 18 heavy (non-hydrogen) atoms. The third kappa shape index (κ3) is 2.40. The van der Waals surface area contributed by atoms with Crippen molar-refractivity contribution in [3.63, 3.8) is 0 Å². The first kappa shape index (κ1) is 12.3. The summed E-state index contributed by atoms with van der Waals surface area (Å²) < 4.78 is 13.9. The van der Waals surface area contributed by atoms with E-state index < -0.39 is 17.7 Å². The maximum atomic E-state index is 13.9. The van der Waals surface area contributed by atoms with E-state index in [4.69, 9.17) is 5.11 Å². The normalized spacial score (nSPS) is 12.1. The molecular weight excluding hydrogens is 231 g/mol. The fourth-order valence-corrected chi connectivity index (χ4v) is 1.82. The summed E-state index contributed by atoms with van der Waals surface area (Å²) in [6.07, 6.45) is 0. The molecule has 2 aromatic rings. The molecule has 2 rings (SSSR count). The molecule has 2 aromatic carbocycles. The second kappa shape index (κ2) is 5.00. The molecule has 0 bridgehead atoms. The van der Waals surface area contributed by atoms with Crippen molar-refractivity contribution < 1.29 is 14.3 Å². The van der Waals surface area contributed by atoms with Crippen LogP contribution in [0.5, 0.6) is 0 Å². The molecule has 1 atom stereocenters. The van der Waals surface area contributed by atoms with Crippen molar-refractivity contribution in [2.45, 2.75) is 12.8 Å². The van der Waals surface area contributed by atoms with Crippen LogP contribution in [0.4, 0.5) is 4.39 Å². The highest BCUT2D eigenvalue weighted by Gasteiger charge is 2.18. The van der Waals surface area contributed by atoms with Crippen LogP contribution in [0.15, 0.2) is 48.5 Å². The fraction of sp³-hybridized carbons (Fsp3) is 0.133. The molecule has 0 aliphatic heterocycles. The molecule has 0 aromatic heterocycles. The number of hydrogen-bond donors (Lipinski definition) is 1. The Bertz CT molecular complexity index is 564. The Morgan fingerprint density at radius 3 is 2.33 bits per heavy atom. The average molecular weight is 244 g/mol. The van der Waals surface area contributed by atoms with Crippen LogP contribution >= 0.6 is 0 Å². The van der Waals surface area contributed by atoms with Gasteiger partial charge in [0.25, 0.3) is 0 Å². The average Bonchev–Trinajstić information content (AvgIpc) is 2.38. The van der Waals surface area contributed by atoms with Gasteiger partial charge in [0.15, 0.2) is 0 Å². The minimum Gasteiger partial charge on any atom is -0.481 e. The van der Waals surface area contributed by atoms with E-state index in [0.717, 1.165) is 11.1 Å². The lowest BCUT2D eigenvalue weighted by Crippen LogP contribution is -2.09. The standard InChI is InChI=1S/C15H13FO2/c1-10(15(17)18)13-8-7-12(9-14(13)16)11-5-3-2-4-6-11/h2-10H,1H3,(H,17,18). The first-order valence-electron chi connectivity index (χ1n) is 5.67. The van der Waals surface area contributed by atoms with Gasteiger partial charge >= 0.3 is 5.97 Å². The van der Waals surface area contributed by atoms with Crippen LogP contribution in [-0.4, -0.2) is 11.1 Å². The van der Waals surface area contributed by atoms with E-state index in [1.165, 1.54) is 19.1 Å². The number of aliphatic carboxylic acids is 1. The van der Waals surface area contributed by atoms with Gasteiger partial charge in [0.05, 0.1) is 5.92 Å². The summed E-state index contributed by atoms with van der Waals surface area (Å²) in [5.74, 6) is -2.34. The van der Waals surface area contributed by atoms with Crippen molar-refractivity contribution in [2.24, 2.45) is 0 Å². The maximum absolute atomic E-state index is 13.9. The molecule has 0 spiro atoms. The van der Waals surface area contributed by atoms with E-state index in [0.29, 0.717) is 0 Å². The van der Waals surface area contributed by atoms with Gasteiger partial charge in [0.2, 0.25) is 0 Å². The van der Waals surface area contributed by atoms with Crippen molar-refractivity contribution in [3.05, 3.63) is 59.9 Å². The van der Waals surface area contributed by atoms with Crippen molar-refractivity contribution in [1.82, 2.24) is 0 Å². The van der Waals surface area contributed by atoms with Crippen LogP contribution in [0.1, 0.15) is 18.4 Å². The molecule has 0 aliphatic carbocycles. The summed E-state index contributed by atoms with van der Waals surface area (Å²) in [4.78, 5) is 10.8. The van der Waals surface area contributed by atoms with E-state index in [-0.39, 0.29) is 5.56 Å². The second-order valence-electron chi connectivity index (χ2n) is 4.16. The number of halogens is 1. The van der Waals surface area contributed by atoms with Crippen LogP contribution in [0, 0.1) is 5.82 Å². The van der Waals surface area contributed by atoms with Crippen molar-refractivity contribution in [2.75, 3.05) is 0 Å². The molecule has 1 N–H and O–H groups in total. The van der Waals surface area contributed by atoms with Crippen LogP contribution < -0.4 is 0 Å². The van der Waals surface area contributed by atoms with Gasteiger partial charge in [0.1, 0.15) is 5.82 Å². The lowest BCUT2D eigenvalue weighted by molar-refractivity contribution is -0.138. The minimum atomic E-state index is -1.03. The number of carboxylic acid groups (broad SMARTS) is 1. The topological polar surface area (TPSA) is 37.3 Å². The molecule has 92 valence electrons.